The molecule has 0 amide bonds. The van der Waals surface area contributed by atoms with E-state index in [1.807, 2.05) is 13.8 Å². The molecule has 1 heterocycles. The molecule has 1 aromatic rings. The number of benzene rings is 1. The normalized spacial score (nSPS) is 16.0. The maximum atomic E-state index is 12.8. The molecule has 0 aliphatic carbocycles. The lowest BCUT2D eigenvalue weighted by atomic mass is 10.2. The SMILES string of the molecule is COc1ccc(S(=O)(=O)N2CCCCC2)cc1NC(=S)NC(C)C. The van der Waals surface area contributed by atoms with E-state index < -0.39 is 10.0 Å². The predicted octanol–water partition coefficient (Wildman–Crippen LogP) is 2.56. The molecule has 1 aliphatic heterocycles. The van der Waals surface area contributed by atoms with E-state index in [-0.39, 0.29) is 10.9 Å². The van der Waals surface area contributed by atoms with Gasteiger partial charge >= 0.3 is 0 Å². The Morgan fingerprint density at radius 1 is 1.25 bits per heavy atom. The third-order valence-electron chi connectivity index (χ3n) is 3.79. The third-order valence-corrected chi connectivity index (χ3v) is 5.91. The molecule has 2 rings (SSSR count). The average molecular weight is 372 g/mol. The summed E-state index contributed by atoms with van der Waals surface area (Å²) < 4.78 is 32.5. The minimum atomic E-state index is -3.49. The molecule has 8 heteroatoms. The van der Waals surface area contributed by atoms with E-state index in [9.17, 15) is 8.42 Å². The monoisotopic (exact) mass is 371 g/mol. The zero-order valence-corrected chi connectivity index (χ0v) is 16.0. The van der Waals surface area contributed by atoms with Gasteiger partial charge in [-0.25, -0.2) is 8.42 Å². The van der Waals surface area contributed by atoms with E-state index in [0.717, 1.165) is 19.3 Å². The van der Waals surface area contributed by atoms with E-state index in [1.165, 1.54) is 7.11 Å². The highest BCUT2D eigenvalue weighted by molar-refractivity contribution is 7.89. The summed E-state index contributed by atoms with van der Waals surface area (Å²) in [4.78, 5) is 0.250. The molecular formula is C16H25N3O3S2. The van der Waals surface area contributed by atoms with Gasteiger partial charge in [-0.1, -0.05) is 6.42 Å². The van der Waals surface area contributed by atoms with E-state index >= 15 is 0 Å². The summed E-state index contributed by atoms with van der Waals surface area (Å²) in [5, 5.41) is 6.52. The van der Waals surface area contributed by atoms with Gasteiger partial charge in [-0.2, -0.15) is 4.31 Å². The van der Waals surface area contributed by atoms with Crippen molar-refractivity contribution in [3.63, 3.8) is 0 Å². The number of nitrogens with zero attached hydrogens (tertiary/aromatic N) is 1. The fraction of sp³-hybridized carbons (Fsp3) is 0.562. The van der Waals surface area contributed by atoms with Gasteiger partial charge in [0, 0.05) is 19.1 Å². The molecule has 1 fully saturated rings. The van der Waals surface area contributed by atoms with Crippen LogP contribution in [0.2, 0.25) is 0 Å². The first-order valence-corrected chi connectivity index (χ1v) is 9.95. The Bertz CT molecular complexity index is 684. The van der Waals surface area contributed by atoms with Crippen LogP contribution in [0.5, 0.6) is 5.75 Å². The van der Waals surface area contributed by atoms with Crippen LogP contribution in [0, 0.1) is 0 Å². The van der Waals surface area contributed by atoms with Crippen molar-refractivity contribution < 1.29 is 13.2 Å². The van der Waals surface area contributed by atoms with Crippen molar-refractivity contribution in [2.75, 3.05) is 25.5 Å². The summed E-state index contributed by atoms with van der Waals surface area (Å²) in [6.45, 7) is 5.10. The number of anilines is 1. The first-order chi connectivity index (χ1) is 11.3. The Kier molecular flexibility index (Phi) is 6.42. The van der Waals surface area contributed by atoms with Crippen molar-refractivity contribution in [1.29, 1.82) is 0 Å². The topological polar surface area (TPSA) is 70.7 Å². The highest BCUT2D eigenvalue weighted by atomic mass is 32.2. The fourth-order valence-electron chi connectivity index (χ4n) is 2.62. The molecule has 0 atom stereocenters. The molecule has 24 heavy (non-hydrogen) atoms. The van der Waals surface area contributed by atoms with Crippen LogP contribution in [0.15, 0.2) is 23.1 Å². The lowest BCUT2D eigenvalue weighted by molar-refractivity contribution is 0.346. The average Bonchev–Trinajstić information content (AvgIpc) is 2.54. The van der Waals surface area contributed by atoms with Crippen molar-refractivity contribution in [1.82, 2.24) is 9.62 Å². The number of ether oxygens (including phenoxy) is 1. The number of hydrogen-bond donors (Lipinski definition) is 2. The summed E-state index contributed by atoms with van der Waals surface area (Å²) in [6.07, 6.45) is 2.89. The summed E-state index contributed by atoms with van der Waals surface area (Å²) in [6, 6.07) is 4.98. The second-order valence-electron chi connectivity index (χ2n) is 6.08. The van der Waals surface area contributed by atoms with Crippen LogP contribution < -0.4 is 15.4 Å². The second-order valence-corrected chi connectivity index (χ2v) is 8.43. The summed E-state index contributed by atoms with van der Waals surface area (Å²) in [7, 11) is -1.95. The first-order valence-electron chi connectivity index (χ1n) is 8.10. The van der Waals surface area contributed by atoms with E-state index in [2.05, 4.69) is 10.6 Å². The van der Waals surface area contributed by atoms with Crippen LogP contribution >= 0.6 is 12.2 Å². The summed E-state index contributed by atoms with van der Waals surface area (Å²) >= 11 is 5.24. The third kappa shape index (κ3) is 4.58. The zero-order chi connectivity index (χ0) is 17.7. The van der Waals surface area contributed by atoms with E-state index in [1.54, 1.807) is 22.5 Å². The van der Waals surface area contributed by atoms with Gasteiger partial charge in [-0.3, -0.25) is 0 Å². The lowest BCUT2D eigenvalue weighted by Crippen LogP contribution is -2.36. The lowest BCUT2D eigenvalue weighted by Gasteiger charge is -2.26. The highest BCUT2D eigenvalue weighted by Gasteiger charge is 2.26. The number of methoxy groups -OCH3 is 1. The Morgan fingerprint density at radius 3 is 2.50 bits per heavy atom. The van der Waals surface area contributed by atoms with Gasteiger partial charge in [0.1, 0.15) is 5.75 Å². The standard InChI is InChI=1S/C16H25N3O3S2/c1-12(2)17-16(23)18-14-11-13(7-8-15(14)22-3)24(20,21)19-9-5-4-6-10-19/h7-8,11-12H,4-6,9-10H2,1-3H3,(H2,17,18,23). The van der Waals surface area contributed by atoms with Gasteiger partial charge in [0.05, 0.1) is 17.7 Å². The largest absolute Gasteiger partial charge is 0.495 e. The van der Waals surface area contributed by atoms with Crippen LogP contribution in [0.1, 0.15) is 33.1 Å². The second kappa shape index (κ2) is 8.13. The van der Waals surface area contributed by atoms with Crippen molar-refractivity contribution in [2.45, 2.75) is 44.0 Å². The summed E-state index contributed by atoms with van der Waals surface area (Å²) in [5.41, 5.74) is 0.536. The van der Waals surface area contributed by atoms with Crippen LogP contribution in [0.25, 0.3) is 0 Å². The van der Waals surface area contributed by atoms with Crippen molar-refractivity contribution in [3.8, 4) is 5.75 Å². The summed E-state index contributed by atoms with van der Waals surface area (Å²) in [5.74, 6) is 0.542. The van der Waals surface area contributed by atoms with E-state index in [4.69, 9.17) is 17.0 Å². The van der Waals surface area contributed by atoms with Gasteiger partial charge in [-0.05, 0) is 57.1 Å². The van der Waals surface area contributed by atoms with Gasteiger partial charge in [0.25, 0.3) is 0 Å². The molecular weight excluding hydrogens is 346 g/mol. The number of rotatable bonds is 5. The molecule has 0 radical (unpaired) electrons. The number of hydrogen-bond acceptors (Lipinski definition) is 4. The van der Waals surface area contributed by atoms with Gasteiger partial charge in [0.15, 0.2) is 5.11 Å². The molecule has 2 N–H and O–H groups in total. The molecule has 1 aliphatic rings. The molecule has 0 unspecified atom stereocenters. The zero-order valence-electron chi connectivity index (χ0n) is 14.3. The quantitative estimate of drug-likeness (QED) is 0.775. The van der Waals surface area contributed by atoms with Crippen LogP contribution in [-0.2, 0) is 10.0 Å². The van der Waals surface area contributed by atoms with Gasteiger partial charge < -0.3 is 15.4 Å². The number of piperidine rings is 1. The maximum Gasteiger partial charge on any atom is 0.243 e. The molecule has 0 aromatic heterocycles. The Balaban J connectivity index is 2.28. The van der Waals surface area contributed by atoms with Gasteiger partial charge in [0.2, 0.25) is 10.0 Å². The number of sulfonamides is 1. The molecule has 1 aromatic carbocycles. The smallest absolute Gasteiger partial charge is 0.243 e. The molecule has 0 spiro atoms. The van der Waals surface area contributed by atoms with E-state index in [0.29, 0.717) is 29.6 Å². The van der Waals surface area contributed by atoms with Crippen molar-refractivity contribution in [2.24, 2.45) is 0 Å². The minimum absolute atomic E-state index is 0.177. The predicted molar refractivity (Wildman–Crippen MR) is 100 cm³/mol. The fourth-order valence-corrected chi connectivity index (χ4v) is 4.51. The number of thiocarbonyl (C=S) groups is 1. The molecule has 0 bridgehead atoms. The Labute approximate surface area is 149 Å². The maximum absolute atomic E-state index is 12.8. The first kappa shape index (κ1) is 19.0. The van der Waals surface area contributed by atoms with Crippen LogP contribution in [0.3, 0.4) is 0 Å². The molecule has 0 saturated carbocycles. The minimum Gasteiger partial charge on any atom is -0.495 e. The van der Waals surface area contributed by atoms with Crippen molar-refractivity contribution in [3.05, 3.63) is 18.2 Å². The number of nitrogens with one attached hydrogen (secondary N) is 2. The Hall–Kier alpha value is -1.38. The Morgan fingerprint density at radius 2 is 1.92 bits per heavy atom. The molecule has 6 nitrogen and oxygen atoms in total. The molecule has 134 valence electrons. The highest BCUT2D eigenvalue weighted by Crippen LogP contribution is 2.29. The van der Waals surface area contributed by atoms with Crippen molar-refractivity contribution >= 4 is 33.0 Å². The van der Waals surface area contributed by atoms with Crippen LogP contribution in [-0.4, -0.2) is 44.1 Å². The van der Waals surface area contributed by atoms with Crippen LogP contribution in [0.4, 0.5) is 5.69 Å². The van der Waals surface area contributed by atoms with Gasteiger partial charge in [-0.15, -0.1) is 0 Å². The molecule has 1 saturated heterocycles.